The summed E-state index contributed by atoms with van der Waals surface area (Å²) in [5.74, 6) is 3.30. The molecule has 2 aliphatic rings. The van der Waals surface area contributed by atoms with E-state index in [9.17, 15) is 0 Å². The van der Waals surface area contributed by atoms with Crippen LogP contribution in [0, 0.1) is 5.92 Å². The zero-order chi connectivity index (χ0) is 6.97. The second-order valence-electron chi connectivity index (χ2n) is 4.48. The van der Waals surface area contributed by atoms with E-state index in [0.717, 1.165) is 17.6 Å². The summed E-state index contributed by atoms with van der Waals surface area (Å²) in [6.45, 7) is 2.44. The van der Waals surface area contributed by atoms with Gasteiger partial charge in [0.15, 0.2) is 0 Å². The van der Waals surface area contributed by atoms with Gasteiger partial charge in [0.2, 0.25) is 0 Å². The average molecular weight is 136 g/mol. The van der Waals surface area contributed by atoms with Gasteiger partial charge >= 0.3 is 0 Å². The molecule has 0 radical (unpaired) electrons. The van der Waals surface area contributed by atoms with Crippen molar-refractivity contribution in [2.45, 2.75) is 50.7 Å². The van der Waals surface area contributed by atoms with Gasteiger partial charge in [-0.05, 0) is 5.92 Å². The molecule has 2 unspecified atom stereocenters. The van der Waals surface area contributed by atoms with E-state index >= 15 is 0 Å². The summed E-state index contributed by atoms with van der Waals surface area (Å²) in [6, 6.07) is 0. The number of rotatable bonds is 0. The minimum atomic E-state index is 1.05. The molecule has 0 nitrogen and oxygen atoms in total. The van der Waals surface area contributed by atoms with Gasteiger partial charge in [0.1, 0.15) is 7.28 Å². The minimum Gasteiger partial charge on any atom is -0.0652 e. The molecule has 2 bridgehead atoms. The fourth-order valence-electron chi connectivity index (χ4n) is 3.06. The predicted octanol–water partition coefficient (Wildman–Crippen LogP) is 2.61. The van der Waals surface area contributed by atoms with Crippen LogP contribution in [0.3, 0.4) is 0 Å². The summed E-state index contributed by atoms with van der Waals surface area (Å²) in [7, 11) is 1.57. The quantitative estimate of drug-likeness (QED) is 0.449. The van der Waals surface area contributed by atoms with E-state index in [1.165, 1.54) is 19.3 Å². The molecule has 10 heavy (non-hydrogen) atoms. The molecule has 2 fully saturated rings. The summed E-state index contributed by atoms with van der Waals surface area (Å²) in [6.07, 6.45) is 7.69. The topological polar surface area (TPSA) is 0 Å². The summed E-state index contributed by atoms with van der Waals surface area (Å²) in [4.78, 5) is 0. The molecule has 2 aliphatic heterocycles. The minimum absolute atomic E-state index is 1.05. The first kappa shape index (κ1) is 6.76. The Morgan fingerprint density at radius 3 is 2.30 bits per heavy atom. The van der Waals surface area contributed by atoms with Gasteiger partial charge in [0.05, 0.1) is 0 Å². The zero-order valence-electron chi connectivity index (χ0n) is 6.97. The maximum atomic E-state index is 2.44. The van der Waals surface area contributed by atoms with Crippen molar-refractivity contribution in [1.29, 1.82) is 0 Å². The molecule has 0 aliphatic carbocycles. The van der Waals surface area contributed by atoms with Crippen LogP contribution in [-0.2, 0) is 0 Å². The van der Waals surface area contributed by atoms with Crippen LogP contribution >= 0.6 is 0 Å². The van der Waals surface area contributed by atoms with Crippen molar-refractivity contribution in [1.82, 2.24) is 0 Å². The number of fused-ring (bicyclic) bond motifs is 2. The Morgan fingerprint density at radius 1 is 1.10 bits per heavy atom. The maximum Gasteiger partial charge on any atom is 0.127 e. The molecule has 2 heterocycles. The van der Waals surface area contributed by atoms with Crippen LogP contribution in [0.25, 0.3) is 0 Å². The molecule has 1 heteroatoms. The summed E-state index contributed by atoms with van der Waals surface area (Å²) in [5.41, 5.74) is 0. The summed E-state index contributed by atoms with van der Waals surface area (Å²) >= 11 is 0. The monoisotopic (exact) mass is 136 g/mol. The van der Waals surface area contributed by atoms with E-state index in [1.807, 2.05) is 0 Å². The van der Waals surface area contributed by atoms with Gasteiger partial charge < -0.3 is 0 Å². The van der Waals surface area contributed by atoms with Crippen molar-refractivity contribution in [2.75, 3.05) is 0 Å². The van der Waals surface area contributed by atoms with Crippen molar-refractivity contribution in [3.63, 3.8) is 0 Å². The second-order valence-corrected chi connectivity index (χ2v) is 4.48. The Labute approximate surface area is 64.6 Å². The zero-order valence-corrected chi connectivity index (χ0v) is 6.97. The van der Waals surface area contributed by atoms with Crippen LogP contribution in [0.5, 0.6) is 0 Å². The van der Waals surface area contributed by atoms with E-state index < -0.39 is 0 Å². The van der Waals surface area contributed by atoms with E-state index in [2.05, 4.69) is 6.92 Å². The molecule has 0 N–H and O–H groups in total. The van der Waals surface area contributed by atoms with Gasteiger partial charge in [0.25, 0.3) is 0 Å². The molecular weight excluding hydrogens is 119 g/mol. The van der Waals surface area contributed by atoms with Gasteiger partial charge in [-0.15, -0.1) is 0 Å². The first-order valence-corrected chi connectivity index (χ1v) is 4.84. The van der Waals surface area contributed by atoms with E-state index in [1.54, 1.807) is 20.1 Å². The molecule has 2 rings (SSSR count). The Kier molecular flexibility index (Phi) is 1.75. The molecule has 0 aromatic carbocycles. The highest BCUT2D eigenvalue weighted by Gasteiger charge is 2.30. The molecular formula is C9H17B. The Bertz CT molecular complexity index is 106. The van der Waals surface area contributed by atoms with Crippen molar-refractivity contribution in [2.24, 2.45) is 5.92 Å². The molecule has 0 aromatic rings. The van der Waals surface area contributed by atoms with E-state index in [0.29, 0.717) is 0 Å². The van der Waals surface area contributed by atoms with Crippen LogP contribution in [0.1, 0.15) is 39.0 Å². The lowest BCUT2D eigenvalue weighted by Crippen LogP contribution is -2.25. The standard InChI is InChI=1S/C9H17B/c1-7-5-8-3-2-4-9(6-7)10-8/h7-10H,2-6H2,1H3. The predicted molar refractivity (Wildman–Crippen MR) is 46.9 cm³/mol. The Hall–Kier alpha value is 0.0649. The average Bonchev–Trinajstić information content (AvgIpc) is 1.85. The molecule has 0 saturated carbocycles. The van der Waals surface area contributed by atoms with E-state index in [-0.39, 0.29) is 0 Å². The summed E-state index contributed by atoms with van der Waals surface area (Å²) in [5, 5.41) is 0. The lowest BCUT2D eigenvalue weighted by Gasteiger charge is -2.36. The van der Waals surface area contributed by atoms with Crippen LogP contribution in [0.4, 0.5) is 0 Å². The van der Waals surface area contributed by atoms with Crippen LogP contribution < -0.4 is 0 Å². The number of hydrogen-bond donors (Lipinski definition) is 0. The fraction of sp³-hybridized carbons (Fsp3) is 1.00. The van der Waals surface area contributed by atoms with Crippen LogP contribution in [0.15, 0.2) is 0 Å². The molecule has 56 valence electrons. The van der Waals surface area contributed by atoms with Gasteiger partial charge in [-0.1, -0.05) is 50.7 Å². The van der Waals surface area contributed by atoms with Crippen molar-refractivity contribution in [3.05, 3.63) is 0 Å². The fourth-order valence-corrected chi connectivity index (χ4v) is 3.06. The maximum absolute atomic E-state index is 2.44. The highest BCUT2D eigenvalue weighted by atomic mass is 14.2. The lowest BCUT2D eigenvalue weighted by molar-refractivity contribution is 0.366. The van der Waals surface area contributed by atoms with Crippen molar-refractivity contribution < 1.29 is 0 Å². The third kappa shape index (κ3) is 1.23. The Balaban J connectivity index is 1.98. The van der Waals surface area contributed by atoms with E-state index in [4.69, 9.17) is 0 Å². The lowest BCUT2D eigenvalue weighted by atomic mass is 9.42. The van der Waals surface area contributed by atoms with Crippen LogP contribution in [-0.4, -0.2) is 7.28 Å². The molecule has 2 atom stereocenters. The van der Waals surface area contributed by atoms with Gasteiger partial charge in [0, 0.05) is 0 Å². The van der Waals surface area contributed by atoms with Gasteiger partial charge in [-0.2, -0.15) is 0 Å². The smallest absolute Gasteiger partial charge is 0.0652 e. The third-order valence-corrected chi connectivity index (χ3v) is 3.36. The molecule has 0 amide bonds. The molecule has 0 aromatic heterocycles. The first-order valence-electron chi connectivity index (χ1n) is 4.84. The number of hydrogen-bond acceptors (Lipinski definition) is 0. The van der Waals surface area contributed by atoms with Crippen LogP contribution in [0.2, 0.25) is 11.6 Å². The highest BCUT2D eigenvalue weighted by Crippen LogP contribution is 2.43. The third-order valence-electron chi connectivity index (χ3n) is 3.36. The van der Waals surface area contributed by atoms with Gasteiger partial charge in [-0.3, -0.25) is 0 Å². The van der Waals surface area contributed by atoms with Gasteiger partial charge in [-0.25, -0.2) is 0 Å². The SMILES string of the molecule is CC1CC2BC(CCC2)C1. The van der Waals surface area contributed by atoms with Crippen molar-refractivity contribution >= 4 is 7.28 Å². The highest BCUT2D eigenvalue weighted by molar-refractivity contribution is 6.40. The first-order chi connectivity index (χ1) is 4.84. The molecule has 2 saturated heterocycles. The molecule has 0 spiro atoms. The summed E-state index contributed by atoms with van der Waals surface area (Å²) < 4.78 is 0. The van der Waals surface area contributed by atoms with Crippen molar-refractivity contribution in [3.8, 4) is 0 Å². The second kappa shape index (κ2) is 2.60. The largest absolute Gasteiger partial charge is 0.127 e. The normalized spacial score (nSPS) is 46.3. The Morgan fingerprint density at radius 2 is 1.70 bits per heavy atom.